The van der Waals surface area contributed by atoms with Gasteiger partial charge >= 0.3 is 0 Å². The summed E-state index contributed by atoms with van der Waals surface area (Å²) in [6, 6.07) is 3.88. The Bertz CT molecular complexity index is 652. The first-order valence-electron chi connectivity index (χ1n) is 7.34. The number of aromatic nitrogens is 2. The van der Waals surface area contributed by atoms with Crippen LogP contribution in [-0.2, 0) is 11.3 Å². The largest absolute Gasteiger partial charge is 0.375 e. The predicted octanol–water partition coefficient (Wildman–Crippen LogP) is 2.61. The van der Waals surface area contributed by atoms with E-state index >= 15 is 0 Å². The maximum Gasteiger partial charge on any atom is 0.263 e. The Kier molecular flexibility index (Phi) is 4.54. The Morgan fingerprint density at radius 2 is 2.41 bits per heavy atom. The van der Waals surface area contributed by atoms with Gasteiger partial charge < -0.3 is 14.2 Å². The van der Waals surface area contributed by atoms with E-state index in [1.54, 1.807) is 7.11 Å². The van der Waals surface area contributed by atoms with Crippen LogP contribution < -0.4 is 0 Å². The van der Waals surface area contributed by atoms with Crippen molar-refractivity contribution in [3.63, 3.8) is 0 Å². The predicted molar refractivity (Wildman–Crippen MR) is 81.9 cm³/mol. The summed E-state index contributed by atoms with van der Waals surface area (Å²) >= 11 is 1.54. The molecule has 0 aromatic carbocycles. The van der Waals surface area contributed by atoms with E-state index in [-0.39, 0.29) is 11.8 Å². The lowest BCUT2D eigenvalue weighted by Crippen LogP contribution is -2.39. The van der Waals surface area contributed by atoms with Crippen LogP contribution in [0.5, 0.6) is 0 Å². The number of hydrogen-bond acceptors (Lipinski definition) is 6. The molecule has 0 spiro atoms. The smallest absolute Gasteiger partial charge is 0.263 e. The van der Waals surface area contributed by atoms with Crippen LogP contribution in [0.1, 0.15) is 45.0 Å². The van der Waals surface area contributed by atoms with Crippen molar-refractivity contribution in [3.05, 3.63) is 33.6 Å². The van der Waals surface area contributed by atoms with Crippen molar-refractivity contribution >= 4 is 17.2 Å². The number of hydrogen-bond donors (Lipinski definition) is 0. The number of amides is 1. The van der Waals surface area contributed by atoms with Crippen LogP contribution in [0.25, 0.3) is 0 Å². The Morgan fingerprint density at radius 1 is 1.55 bits per heavy atom. The fourth-order valence-electron chi connectivity index (χ4n) is 2.69. The third kappa shape index (κ3) is 3.20. The summed E-state index contributed by atoms with van der Waals surface area (Å²) in [6.45, 7) is 3.75. The van der Waals surface area contributed by atoms with Crippen molar-refractivity contribution in [2.75, 3.05) is 20.2 Å². The standard InChI is InChI=1S/C15H19N3O3S/c1-10-5-6-12(22-10)15(19)18-7-3-4-11(8-18)14-16-13(9-20-2)21-17-14/h5-6,11H,3-4,7-9H2,1-2H3. The Balaban J connectivity index is 1.69. The molecule has 1 fully saturated rings. The monoisotopic (exact) mass is 321 g/mol. The Hall–Kier alpha value is -1.73. The summed E-state index contributed by atoms with van der Waals surface area (Å²) in [6.07, 6.45) is 1.92. The molecule has 22 heavy (non-hydrogen) atoms. The molecule has 0 bridgehead atoms. The van der Waals surface area contributed by atoms with Gasteiger partial charge in [-0.05, 0) is 31.9 Å². The van der Waals surface area contributed by atoms with E-state index in [2.05, 4.69) is 10.1 Å². The maximum absolute atomic E-state index is 12.5. The van der Waals surface area contributed by atoms with E-state index in [1.807, 2.05) is 24.0 Å². The van der Waals surface area contributed by atoms with E-state index in [0.717, 1.165) is 29.1 Å². The SMILES string of the molecule is COCc1nc(C2CCCN(C(=O)c3ccc(C)s3)C2)no1. The van der Waals surface area contributed by atoms with Crippen LogP contribution in [0.15, 0.2) is 16.7 Å². The topological polar surface area (TPSA) is 68.5 Å². The molecule has 118 valence electrons. The van der Waals surface area contributed by atoms with Gasteiger partial charge in [-0.1, -0.05) is 5.16 Å². The fourth-order valence-corrected chi connectivity index (χ4v) is 3.53. The lowest BCUT2D eigenvalue weighted by Gasteiger charge is -2.30. The van der Waals surface area contributed by atoms with Gasteiger partial charge in [0.25, 0.3) is 11.8 Å². The van der Waals surface area contributed by atoms with Crippen LogP contribution in [0.3, 0.4) is 0 Å². The van der Waals surface area contributed by atoms with Crippen molar-refractivity contribution in [2.24, 2.45) is 0 Å². The number of aryl methyl sites for hydroxylation is 1. The molecule has 1 saturated heterocycles. The molecule has 0 N–H and O–H groups in total. The van der Waals surface area contributed by atoms with Crippen LogP contribution in [0.2, 0.25) is 0 Å². The summed E-state index contributed by atoms with van der Waals surface area (Å²) in [5.41, 5.74) is 0. The third-order valence-corrected chi connectivity index (χ3v) is 4.77. The minimum absolute atomic E-state index is 0.100. The van der Waals surface area contributed by atoms with Crippen molar-refractivity contribution in [3.8, 4) is 0 Å². The second-order valence-electron chi connectivity index (χ2n) is 5.48. The van der Waals surface area contributed by atoms with Gasteiger partial charge in [0.2, 0.25) is 0 Å². The molecular formula is C15H19N3O3S. The van der Waals surface area contributed by atoms with Crippen molar-refractivity contribution in [1.82, 2.24) is 15.0 Å². The highest BCUT2D eigenvalue weighted by Gasteiger charge is 2.29. The number of rotatable bonds is 4. The van der Waals surface area contributed by atoms with Crippen molar-refractivity contribution in [2.45, 2.75) is 32.3 Å². The Morgan fingerprint density at radius 3 is 3.14 bits per heavy atom. The molecule has 1 amide bonds. The van der Waals surface area contributed by atoms with Gasteiger partial charge in [-0.15, -0.1) is 11.3 Å². The highest BCUT2D eigenvalue weighted by Crippen LogP contribution is 2.27. The van der Waals surface area contributed by atoms with Gasteiger partial charge in [0.15, 0.2) is 5.82 Å². The Labute approximate surface area is 133 Å². The molecule has 6 nitrogen and oxygen atoms in total. The quantitative estimate of drug-likeness (QED) is 0.866. The molecule has 1 aliphatic rings. The molecule has 2 aromatic rings. The average molecular weight is 321 g/mol. The molecule has 0 radical (unpaired) electrons. The third-order valence-electron chi connectivity index (χ3n) is 3.78. The van der Waals surface area contributed by atoms with Crippen LogP contribution >= 0.6 is 11.3 Å². The van der Waals surface area contributed by atoms with E-state index in [0.29, 0.717) is 24.9 Å². The summed E-state index contributed by atoms with van der Waals surface area (Å²) in [5, 5.41) is 4.03. The molecule has 1 aliphatic heterocycles. The zero-order valence-corrected chi connectivity index (χ0v) is 13.6. The minimum atomic E-state index is 0.100. The second kappa shape index (κ2) is 6.58. The summed E-state index contributed by atoms with van der Waals surface area (Å²) in [7, 11) is 1.59. The molecular weight excluding hydrogens is 302 g/mol. The lowest BCUT2D eigenvalue weighted by molar-refractivity contribution is 0.0708. The minimum Gasteiger partial charge on any atom is -0.375 e. The first-order valence-corrected chi connectivity index (χ1v) is 8.16. The number of nitrogens with zero attached hydrogens (tertiary/aromatic N) is 3. The molecule has 0 saturated carbocycles. The molecule has 1 atom stereocenters. The highest BCUT2D eigenvalue weighted by atomic mass is 32.1. The molecule has 2 aromatic heterocycles. The molecule has 1 unspecified atom stereocenters. The zero-order chi connectivity index (χ0) is 15.5. The molecule has 3 rings (SSSR count). The van der Waals surface area contributed by atoms with Crippen LogP contribution in [0.4, 0.5) is 0 Å². The van der Waals surface area contributed by atoms with Gasteiger partial charge in [-0.2, -0.15) is 4.98 Å². The summed E-state index contributed by atoms with van der Waals surface area (Å²) in [4.78, 5) is 20.8. The number of carbonyl (C=O) groups is 1. The summed E-state index contributed by atoms with van der Waals surface area (Å²) in [5.74, 6) is 1.39. The molecule has 7 heteroatoms. The molecule has 0 aliphatic carbocycles. The maximum atomic E-state index is 12.5. The van der Waals surface area contributed by atoms with Crippen LogP contribution in [-0.4, -0.2) is 41.1 Å². The van der Waals surface area contributed by atoms with E-state index in [1.165, 1.54) is 11.3 Å². The van der Waals surface area contributed by atoms with Gasteiger partial charge in [-0.25, -0.2) is 0 Å². The highest BCUT2D eigenvalue weighted by molar-refractivity contribution is 7.13. The first kappa shape index (κ1) is 15.2. The van der Waals surface area contributed by atoms with E-state index in [9.17, 15) is 4.79 Å². The van der Waals surface area contributed by atoms with Crippen molar-refractivity contribution < 1.29 is 14.1 Å². The van der Waals surface area contributed by atoms with Gasteiger partial charge in [0, 0.05) is 31.0 Å². The number of likely N-dealkylation sites (tertiary alicyclic amines) is 1. The normalized spacial score (nSPS) is 18.6. The first-order chi connectivity index (χ1) is 10.7. The average Bonchev–Trinajstić information content (AvgIpc) is 3.16. The van der Waals surface area contributed by atoms with E-state index < -0.39 is 0 Å². The number of ether oxygens (including phenoxy) is 1. The van der Waals surface area contributed by atoms with E-state index in [4.69, 9.17) is 9.26 Å². The number of thiophene rings is 1. The second-order valence-corrected chi connectivity index (χ2v) is 6.77. The zero-order valence-electron chi connectivity index (χ0n) is 12.7. The summed E-state index contributed by atoms with van der Waals surface area (Å²) < 4.78 is 10.1. The van der Waals surface area contributed by atoms with Gasteiger partial charge in [0.1, 0.15) is 6.61 Å². The van der Waals surface area contributed by atoms with Gasteiger partial charge in [-0.3, -0.25) is 4.79 Å². The number of piperidine rings is 1. The van der Waals surface area contributed by atoms with Gasteiger partial charge in [0.05, 0.1) is 4.88 Å². The molecule has 3 heterocycles. The number of methoxy groups -OCH3 is 1. The number of carbonyl (C=O) groups excluding carboxylic acids is 1. The van der Waals surface area contributed by atoms with Crippen LogP contribution in [0, 0.1) is 6.92 Å². The van der Waals surface area contributed by atoms with Crippen molar-refractivity contribution in [1.29, 1.82) is 0 Å². The fraction of sp³-hybridized carbons (Fsp3) is 0.533. The lowest BCUT2D eigenvalue weighted by atomic mass is 9.97.